The zero-order valence-corrected chi connectivity index (χ0v) is 20.7. The Kier molecular flexibility index (Phi) is 8.06. The summed E-state index contributed by atoms with van der Waals surface area (Å²) in [6.45, 7) is 5.03. The lowest BCUT2D eigenvalue weighted by Gasteiger charge is -2.18. The molecule has 0 saturated carbocycles. The average molecular weight is 492 g/mol. The number of aliphatic hydroxyl groups excluding tert-OH is 1. The van der Waals surface area contributed by atoms with E-state index < -0.39 is 6.10 Å². The van der Waals surface area contributed by atoms with Crippen molar-refractivity contribution in [2.45, 2.75) is 45.4 Å². The molecule has 0 saturated heterocycles. The van der Waals surface area contributed by atoms with Crippen LogP contribution in [0.4, 0.5) is 0 Å². The minimum atomic E-state index is -0.774. The zero-order valence-electron chi connectivity index (χ0n) is 19.9. The Morgan fingerprint density at radius 1 is 1.06 bits per heavy atom. The molecule has 2 N–H and O–H groups in total. The molecule has 0 aliphatic heterocycles. The summed E-state index contributed by atoms with van der Waals surface area (Å²) in [5.74, 6) is 1.55. The van der Waals surface area contributed by atoms with E-state index in [1.807, 2.05) is 65.2 Å². The monoisotopic (exact) mass is 491 g/mol. The Balaban J connectivity index is 1.44. The van der Waals surface area contributed by atoms with E-state index in [1.165, 1.54) is 0 Å². The van der Waals surface area contributed by atoms with Gasteiger partial charge in [-0.05, 0) is 47.4 Å². The number of hydrogen-bond donors (Lipinski definition) is 2. The molecule has 7 heteroatoms. The third-order valence-electron chi connectivity index (χ3n) is 5.82. The molecule has 0 spiro atoms. The number of ether oxygens (including phenoxy) is 1. The van der Waals surface area contributed by atoms with Gasteiger partial charge in [-0.2, -0.15) is 0 Å². The van der Waals surface area contributed by atoms with Gasteiger partial charge < -0.3 is 19.7 Å². The van der Waals surface area contributed by atoms with Crippen molar-refractivity contribution in [1.29, 1.82) is 0 Å². The molecule has 0 bridgehead atoms. The molecule has 4 rings (SSSR count). The fourth-order valence-corrected chi connectivity index (χ4v) is 4.14. The van der Waals surface area contributed by atoms with Gasteiger partial charge in [-0.3, -0.25) is 4.79 Å². The Morgan fingerprint density at radius 3 is 2.54 bits per heavy atom. The van der Waals surface area contributed by atoms with Gasteiger partial charge in [-0.15, -0.1) is 0 Å². The number of halogens is 1. The molecule has 0 radical (unpaired) electrons. The summed E-state index contributed by atoms with van der Waals surface area (Å²) in [6.07, 6.45) is -0.671. The standard InChI is InChI=1S/C28H30ClN3O3/c1-19(2)23-7-3-6-10-26(23)35-18-22(33)17-32-25-9-5-4-8-24(25)31-27(32)15-28(34)30-16-20-11-13-21(29)14-12-20/h3-14,19,22,33H,15-18H2,1-2H3,(H,30,34). The zero-order chi connectivity index (χ0) is 24.8. The van der Waals surface area contributed by atoms with Gasteiger partial charge in [0.2, 0.25) is 5.91 Å². The molecular weight excluding hydrogens is 462 g/mol. The molecule has 3 aromatic carbocycles. The number of hydrogen-bond acceptors (Lipinski definition) is 4. The van der Waals surface area contributed by atoms with Crippen molar-refractivity contribution in [2.75, 3.05) is 6.61 Å². The van der Waals surface area contributed by atoms with Crippen molar-refractivity contribution in [3.63, 3.8) is 0 Å². The number of imidazole rings is 1. The molecule has 4 aromatic rings. The van der Waals surface area contributed by atoms with E-state index in [4.69, 9.17) is 16.3 Å². The van der Waals surface area contributed by atoms with Gasteiger partial charge in [0.05, 0.1) is 24.0 Å². The first-order valence-corrected chi connectivity index (χ1v) is 12.1. The number of nitrogens with one attached hydrogen (secondary N) is 1. The van der Waals surface area contributed by atoms with Crippen LogP contribution in [-0.4, -0.2) is 33.3 Å². The molecule has 1 unspecified atom stereocenters. The summed E-state index contributed by atoms with van der Waals surface area (Å²) in [7, 11) is 0. The molecule has 1 atom stereocenters. The van der Waals surface area contributed by atoms with Gasteiger partial charge in [-0.25, -0.2) is 4.98 Å². The summed E-state index contributed by atoms with van der Waals surface area (Å²) in [5.41, 5.74) is 3.72. The van der Waals surface area contributed by atoms with E-state index >= 15 is 0 Å². The highest BCUT2D eigenvalue weighted by Crippen LogP contribution is 2.26. The molecule has 0 aliphatic rings. The molecule has 35 heavy (non-hydrogen) atoms. The van der Waals surface area contributed by atoms with Crippen LogP contribution in [0.15, 0.2) is 72.8 Å². The highest BCUT2D eigenvalue weighted by molar-refractivity contribution is 6.30. The second-order valence-electron chi connectivity index (χ2n) is 8.86. The SMILES string of the molecule is CC(C)c1ccccc1OCC(O)Cn1c(CC(=O)NCc2ccc(Cl)cc2)nc2ccccc21. The van der Waals surface area contributed by atoms with Crippen LogP contribution in [0.5, 0.6) is 5.75 Å². The van der Waals surface area contributed by atoms with Crippen LogP contribution in [0.3, 0.4) is 0 Å². The Labute approximate surface area is 210 Å². The summed E-state index contributed by atoms with van der Waals surface area (Å²) in [4.78, 5) is 17.4. The second-order valence-corrected chi connectivity index (χ2v) is 9.30. The maximum Gasteiger partial charge on any atom is 0.227 e. The van der Waals surface area contributed by atoms with Crippen molar-refractivity contribution < 1.29 is 14.6 Å². The highest BCUT2D eigenvalue weighted by Gasteiger charge is 2.18. The minimum Gasteiger partial charge on any atom is -0.491 e. The largest absolute Gasteiger partial charge is 0.491 e. The maximum atomic E-state index is 12.7. The highest BCUT2D eigenvalue weighted by atomic mass is 35.5. The van der Waals surface area contributed by atoms with Crippen LogP contribution >= 0.6 is 11.6 Å². The number of rotatable bonds is 10. The van der Waals surface area contributed by atoms with Crippen molar-refractivity contribution in [1.82, 2.24) is 14.9 Å². The summed E-state index contributed by atoms with van der Waals surface area (Å²) < 4.78 is 7.87. The second kappa shape index (κ2) is 11.4. The molecule has 1 heterocycles. The number of amides is 1. The average Bonchev–Trinajstić information content (AvgIpc) is 3.19. The first-order chi connectivity index (χ1) is 16.9. The maximum absolute atomic E-state index is 12.7. The van der Waals surface area contributed by atoms with Gasteiger partial charge in [-0.1, -0.05) is 67.9 Å². The summed E-state index contributed by atoms with van der Waals surface area (Å²) in [6, 6.07) is 22.9. The van der Waals surface area contributed by atoms with Gasteiger partial charge in [0.15, 0.2) is 0 Å². The molecular formula is C28H30ClN3O3. The number of aromatic nitrogens is 2. The minimum absolute atomic E-state index is 0.103. The number of para-hydroxylation sites is 3. The van der Waals surface area contributed by atoms with Crippen LogP contribution in [0.25, 0.3) is 11.0 Å². The predicted molar refractivity (Wildman–Crippen MR) is 139 cm³/mol. The van der Waals surface area contributed by atoms with Crippen LogP contribution in [-0.2, 0) is 24.3 Å². The van der Waals surface area contributed by atoms with E-state index in [-0.39, 0.29) is 25.5 Å². The summed E-state index contributed by atoms with van der Waals surface area (Å²) in [5, 5.41) is 14.4. The van der Waals surface area contributed by atoms with Gasteiger partial charge in [0, 0.05) is 11.6 Å². The smallest absolute Gasteiger partial charge is 0.227 e. The third-order valence-corrected chi connectivity index (χ3v) is 6.07. The summed E-state index contributed by atoms with van der Waals surface area (Å²) >= 11 is 5.93. The first kappa shape index (κ1) is 24.8. The Morgan fingerprint density at radius 2 is 1.77 bits per heavy atom. The van der Waals surface area contributed by atoms with Crippen LogP contribution < -0.4 is 10.1 Å². The number of aliphatic hydroxyl groups is 1. The first-order valence-electron chi connectivity index (χ1n) is 11.8. The van der Waals surface area contributed by atoms with Gasteiger partial charge in [0.25, 0.3) is 0 Å². The Hall–Kier alpha value is -3.35. The molecule has 0 fully saturated rings. The van der Waals surface area contributed by atoms with Crippen molar-refractivity contribution in [3.05, 3.63) is 94.8 Å². The number of benzene rings is 3. The van der Waals surface area contributed by atoms with Gasteiger partial charge >= 0.3 is 0 Å². The lowest BCUT2D eigenvalue weighted by Crippen LogP contribution is -2.28. The van der Waals surface area contributed by atoms with Gasteiger partial charge in [0.1, 0.15) is 24.3 Å². The van der Waals surface area contributed by atoms with Crippen molar-refractivity contribution >= 4 is 28.5 Å². The quantitative estimate of drug-likeness (QED) is 0.323. The molecule has 0 aliphatic carbocycles. The number of fused-ring (bicyclic) bond motifs is 1. The van der Waals surface area contributed by atoms with Crippen molar-refractivity contribution in [2.24, 2.45) is 0 Å². The fourth-order valence-electron chi connectivity index (χ4n) is 4.01. The van der Waals surface area contributed by atoms with E-state index in [9.17, 15) is 9.90 Å². The topological polar surface area (TPSA) is 76.4 Å². The van der Waals surface area contributed by atoms with E-state index in [0.29, 0.717) is 23.3 Å². The van der Waals surface area contributed by atoms with E-state index in [0.717, 1.165) is 27.9 Å². The molecule has 1 amide bonds. The Bertz CT molecular complexity index is 1280. The molecule has 6 nitrogen and oxygen atoms in total. The number of carbonyl (C=O) groups excluding carboxylic acids is 1. The number of nitrogens with zero attached hydrogens (tertiary/aromatic N) is 2. The lowest BCUT2D eigenvalue weighted by molar-refractivity contribution is -0.120. The van der Waals surface area contributed by atoms with Crippen LogP contribution in [0, 0.1) is 0 Å². The predicted octanol–water partition coefficient (Wildman–Crippen LogP) is 5.11. The van der Waals surface area contributed by atoms with Crippen LogP contribution in [0.2, 0.25) is 5.02 Å². The van der Waals surface area contributed by atoms with E-state index in [1.54, 1.807) is 12.1 Å². The normalized spacial score (nSPS) is 12.1. The third kappa shape index (κ3) is 6.41. The number of carbonyl (C=O) groups is 1. The van der Waals surface area contributed by atoms with E-state index in [2.05, 4.69) is 24.1 Å². The van der Waals surface area contributed by atoms with Crippen LogP contribution in [0.1, 0.15) is 36.7 Å². The van der Waals surface area contributed by atoms with Crippen molar-refractivity contribution in [3.8, 4) is 5.75 Å². The molecule has 1 aromatic heterocycles. The fraction of sp³-hybridized carbons (Fsp3) is 0.286. The molecule has 182 valence electrons. The lowest BCUT2D eigenvalue weighted by atomic mass is 10.0.